The van der Waals surface area contributed by atoms with Gasteiger partial charge in [0, 0.05) is 23.7 Å². The van der Waals surface area contributed by atoms with Gasteiger partial charge in [0.2, 0.25) is 0 Å². The minimum absolute atomic E-state index is 0.131. The Morgan fingerprint density at radius 3 is 2.36 bits per heavy atom. The SMILES string of the molecule is CCC1(C(C)C)CN(c2ccccc2)c2cc(SC)c(O/C=C(/C(=O)O)C(C)(C)C)cc2S(O)(O)C1. The molecule has 1 atom stereocenters. The molecule has 2 aromatic rings. The summed E-state index contributed by atoms with van der Waals surface area (Å²) in [5.41, 5.74) is 0.911. The minimum atomic E-state index is -3.18. The Hall–Kier alpha value is -2.13. The van der Waals surface area contributed by atoms with Crippen LogP contribution in [0.15, 0.2) is 64.1 Å². The summed E-state index contributed by atoms with van der Waals surface area (Å²) in [6.45, 7) is 12.5. The second kappa shape index (κ2) is 10.7. The first kappa shape index (κ1) is 28.4. The molecule has 0 aromatic heterocycles. The average molecular weight is 534 g/mol. The number of fused-ring (bicyclic) bond motifs is 1. The van der Waals surface area contributed by atoms with Crippen LogP contribution in [0.3, 0.4) is 0 Å². The second-order valence-corrected chi connectivity index (χ2v) is 13.7. The van der Waals surface area contributed by atoms with Crippen molar-refractivity contribution in [2.24, 2.45) is 16.7 Å². The maximum atomic E-state index is 11.8. The van der Waals surface area contributed by atoms with E-state index in [0.717, 1.165) is 22.7 Å². The van der Waals surface area contributed by atoms with Crippen LogP contribution < -0.4 is 9.64 Å². The molecule has 2 aromatic carbocycles. The van der Waals surface area contributed by atoms with Crippen LogP contribution in [0.4, 0.5) is 11.4 Å². The van der Waals surface area contributed by atoms with E-state index in [1.54, 1.807) is 6.07 Å². The Bertz CT molecular complexity index is 1120. The van der Waals surface area contributed by atoms with Gasteiger partial charge in [0.15, 0.2) is 0 Å². The Morgan fingerprint density at radius 1 is 1.22 bits per heavy atom. The number of nitrogens with zero attached hydrogens (tertiary/aromatic N) is 1. The number of thioether (sulfide) groups is 1. The van der Waals surface area contributed by atoms with E-state index in [9.17, 15) is 19.0 Å². The van der Waals surface area contributed by atoms with Crippen LogP contribution in [0.25, 0.3) is 0 Å². The second-order valence-electron chi connectivity index (χ2n) is 10.8. The summed E-state index contributed by atoms with van der Waals surface area (Å²) in [7, 11) is -3.18. The fourth-order valence-corrected chi connectivity index (χ4v) is 7.58. The molecule has 0 spiro atoms. The van der Waals surface area contributed by atoms with Gasteiger partial charge in [-0.05, 0) is 42.2 Å². The number of benzene rings is 2. The van der Waals surface area contributed by atoms with Crippen molar-refractivity contribution in [1.29, 1.82) is 0 Å². The molecular formula is C28H39NO5S2. The normalized spacial score (nSPS) is 21.1. The van der Waals surface area contributed by atoms with Crippen molar-refractivity contribution in [3.8, 4) is 5.75 Å². The third-order valence-electron chi connectivity index (χ3n) is 7.19. The monoisotopic (exact) mass is 533 g/mol. The summed E-state index contributed by atoms with van der Waals surface area (Å²) < 4.78 is 29.2. The number of rotatable bonds is 7. The van der Waals surface area contributed by atoms with Gasteiger partial charge >= 0.3 is 5.97 Å². The van der Waals surface area contributed by atoms with E-state index in [1.165, 1.54) is 18.0 Å². The molecule has 0 saturated carbocycles. The number of hydrogen-bond acceptors (Lipinski definition) is 6. The van der Waals surface area contributed by atoms with Gasteiger partial charge in [-0.3, -0.25) is 9.11 Å². The Morgan fingerprint density at radius 2 is 1.86 bits per heavy atom. The molecular weight excluding hydrogens is 494 g/mol. The number of para-hydroxylation sites is 1. The molecule has 0 saturated heterocycles. The predicted octanol–water partition coefficient (Wildman–Crippen LogP) is 8.12. The van der Waals surface area contributed by atoms with Gasteiger partial charge in [-0.25, -0.2) is 4.79 Å². The molecule has 6 nitrogen and oxygen atoms in total. The highest BCUT2D eigenvalue weighted by Gasteiger charge is 2.44. The van der Waals surface area contributed by atoms with Crippen LogP contribution in [-0.4, -0.2) is 38.7 Å². The highest BCUT2D eigenvalue weighted by molar-refractivity contribution is 8.24. The van der Waals surface area contributed by atoms with E-state index in [1.807, 2.05) is 63.4 Å². The van der Waals surface area contributed by atoms with Crippen LogP contribution in [0.1, 0.15) is 48.0 Å². The fourth-order valence-electron chi connectivity index (χ4n) is 4.66. The van der Waals surface area contributed by atoms with Gasteiger partial charge in [-0.2, -0.15) is 10.6 Å². The van der Waals surface area contributed by atoms with Crippen molar-refractivity contribution in [2.75, 3.05) is 23.5 Å². The minimum Gasteiger partial charge on any atom is -0.478 e. The van der Waals surface area contributed by atoms with Crippen molar-refractivity contribution >= 4 is 39.7 Å². The zero-order valence-corrected chi connectivity index (χ0v) is 23.9. The van der Waals surface area contributed by atoms with Gasteiger partial charge < -0.3 is 14.7 Å². The first-order valence-electron chi connectivity index (χ1n) is 12.2. The molecule has 1 aliphatic heterocycles. The van der Waals surface area contributed by atoms with Crippen LogP contribution in [0, 0.1) is 16.7 Å². The fraction of sp³-hybridized carbons (Fsp3) is 0.464. The number of hydrogen-bond donors (Lipinski definition) is 3. The smallest absolute Gasteiger partial charge is 0.335 e. The van der Waals surface area contributed by atoms with E-state index in [4.69, 9.17) is 4.74 Å². The van der Waals surface area contributed by atoms with E-state index in [2.05, 4.69) is 25.7 Å². The zero-order valence-electron chi connectivity index (χ0n) is 22.2. The molecule has 3 rings (SSSR count). The number of carboxylic acid groups (broad SMARTS) is 1. The van der Waals surface area contributed by atoms with Crippen molar-refractivity contribution in [1.82, 2.24) is 0 Å². The highest BCUT2D eigenvalue weighted by atomic mass is 32.3. The van der Waals surface area contributed by atoms with Crippen molar-refractivity contribution in [3.63, 3.8) is 0 Å². The van der Waals surface area contributed by atoms with Crippen molar-refractivity contribution in [3.05, 3.63) is 54.3 Å². The van der Waals surface area contributed by atoms with Crippen LogP contribution in [0.2, 0.25) is 0 Å². The van der Waals surface area contributed by atoms with E-state index >= 15 is 0 Å². The number of anilines is 2. The van der Waals surface area contributed by atoms with Crippen LogP contribution in [-0.2, 0) is 4.79 Å². The van der Waals surface area contributed by atoms with E-state index in [0.29, 0.717) is 17.2 Å². The third-order valence-corrected chi connectivity index (χ3v) is 9.96. The van der Waals surface area contributed by atoms with Crippen molar-refractivity contribution in [2.45, 2.75) is 57.8 Å². The third kappa shape index (κ3) is 5.72. The molecule has 8 heteroatoms. The molecule has 36 heavy (non-hydrogen) atoms. The summed E-state index contributed by atoms with van der Waals surface area (Å²) >= 11 is 1.47. The van der Waals surface area contributed by atoms with E-state index in [-0.39, 0.29) is 22.7 Å². The molecule has 0 radical (unpaired) electrons. The molecule has 0 aliphatic carbocycles. The molecule has 3 N–H and O–H groups in total. The number of carboxylic acids is 1. The van der Waals surface area contributed by atoms with Crippen LogP contribution >= 0.6 is 22.4 Å². The summed E-state index contributed by atoms with van der Waals surface area (Å²) in [4.78, 5) is 15.2. The zero-order chi connectivity index (χ0) is 26.9. The lowest BCUT2D eigenvalue weighted by atomic mass is 9.76. The Labute approximate surface area is 221 Å². The lowest BCUT2D eigenvalue weighted by Gasteiger charge is -2.43. The summed E-state index contributed by atoms with van der Waals surface area (Å²) in [6, 6.07) is 13.6. The molecule has 0 fully saturated rings. The summed E-state index contributed by atoms with van der Waals surface area (Å²) in [6.07, 6.45) is 3.99. The number of ether oxygens (including phenoxy) is 1. The first-order chi connectivity index (χ1) is 16.8. The van der Waals surface area contributed by atoms with Crippen molar-refractivity contribution < 1.29 is 23.7 Å². The molecule has 0 amide bonds. The topological polar surface area (TPSA) is 90.2 Å². The average Bonchev–Trinajstić information content (AvgIpc) is 2.90. The first-order valence-corrected chi connectivity index (χ1v) is 15.1. The largest absolute Gasteiger partial charge is 0.478 e. The lowest BCUT2D eigenvalue weighted by Crippen LogP contribution is -2.41. The van der Waals surface area contributed by atoms with Gasteiger partial charge in [-0.15, -0.1) is 11.8 Å². The number of aliphatic carboxylic acids is 1. The maximum absolute atomic E-state index is 11.8. The summed E-state index contributed by atoms with van der Waals surface area (Å²) in [5, 5.41) is 9.69. The molecule has 0 bridgehead atoms. The number of carbonyl (C=O) groups is 1. The standard InChI is InChI=1S/C28H39NO5S2/c1-8-28(19(2)3)17-29(20-12-10-9-11-13-20)22-14-24(35-7)23(15-25(22)36(32,33)18-28)34-16-21(26(30)31)27(4,5)6/h9-16,19,32-33H,8,17-18H2,1-7H3,(H,30,31)/b21-16-. The van der Waals surface area contributed by atoms with Gasteiger partial charge in [0.25, 0.3) is 0 Å². The molecule has 1 heterocycles. The van der Waals surface area contributed by atoms with E-state index < -0.39 is 22.0 Å². The molecule has 1 unspecified atom stereocenters. The maximum Gasteiger partial charge on any atom is 0.335 e. The van der Waals surface area contributed by atoms with Gasteiger partial charge in [-0.1, -0.05) is 59.7 Å². The quantitative estimate of drug-likeness (QED) is 0.188. The Balaban J connectivity index is 2.25. The predicted molar refractivity (Wildman–Crippen MR) is 151 cm³/mol. The van der Waals surface area contributed by atoms with Gasteiger partial charge in [0.05, 0.1) is 26.8 Å². The summed E-state index contributed by atoms with van der Waals surface area (Å²) in [5.74, 6) is -0.170. The lowest BCUT2D eigenvalue weighted by molar-refractivity contribution is -0.133. The van der Waals surface area contributed by atoms with Crippen LogP contribution in [0.5, 0.6) is 5.75 Å². The van der Waals surface area contributed by atoms with Gasteiger partial charge in [0.1, 0.15) is 12.0 Å². The highest BCUT2D eigenvalue weighted by Crippen LogP contribution is 2.62. The Kier molecular flexibility index (Phi) is 8.45. The molecule has 1 aliphatic rings. The molecule has 198 valence electrons.